The van der Waals surface area contributed by atoms with E-state index in [0.717, 1.165) is 23.9 Å². The van der Waals surface area contributed by atoms with Crippen LogP contribution < -0.4 is 4.90 Å². The Balaban J connectivity index is 1.89. The van der Waals surface area contributed by atoms with Crippen LogP contribution in [0.25, 0.3) is 0 Å². The van der Waals surface area contributed by atoms with Gasteiger partial charge in [0.25, 0.3) is 0 Å². The zero-order valence-electron chi connectivity index (χ0n) is 11.9. The summed E-state index contributed by atoms with van der Waals surface area (Å²) >= 11 is 0. The van der Waals surface area contributed by atoms with Gasteiger partial charge >= 0.3 is 0 Å². The number of nitrogens with zero attached hydrogens (tertiary/aromatic N) is 1. The van der Waals surface area contributed by atoms with Crippen molar-refractivity contribution in [3.8, 4) is 0 Å². The van der Waals surface area contributed by atoms with E-state index in [2.05, 4.69) is 30.0 Å². The van der Waals surface area contributed by atoms with Crippen LogP contribution in [0.15, 0.2) is 24.3 Å². The molecule has 0 amide bonds. The topological polar surface area (TPSA) is 23.5 Å². The standard InChI is InChI=1S/C17H25NO/c1-2-17(19)14-8-4-6-10-16(14)18-12-11-13-7-3-5-9-15(13)18/h4,6,8,10,13,15,17,19H,2-3,5,7,9,11-12H2,1H3/t13?,15?,17-/m0/s1. The average molecular weight is 259 g/mol. The van der Waals surface area contributed by atoms with Crippen molar-refractivity contribution in [2.24, 2.45) is 5.92 Å². The normalized spacial score (nSPS) is 28.2. The number of aliphatic hydroxyl groups excluding tert-OH is 1. The van der Waals surface area contributed by atoms with Crippen molar-refractivity contribution in [1.82, 2.24) is 0 Å². The molecule has 2 fully saturated rings. The van der Waals surface area contributed by atoms with Gasteiger partial charge in [0, 0.05) is 23.8 Å². The van der Waals surface area contributed by atoms with Crippen LogP contribution in [0.2, 0.25) is 0 Å². The Bertz CT molecular complexity index is 431. The van der Waals surface area contributed by atoms with E-state index in [9.17, 15) is 5.11 Å². The molecule has 104 valence electrons. The Kier molecular flexibility index (Phi) is 3.79. The van der Waals surface area contributed by atoms with E-state index in [1.807, 2.05) is 6.07 Å². The lowest BCUT2D eigenvalue weighted by Gasteiger charge is -2.34. The van der Waals surface area contributed by atoms with Crippen LogP contribution in [0.1, 0.15) is 57.1 Å². The van der Waals surface area contributed by atoms with Crippen LogP contribution in [0.5, 0.6) is 0 Å². The second-order valence-electron chi connectivity index (χ2n) is 6.08. The molecule has 1 N–H and O–H groups in total. The van der Waals surface area contributed by atoms with Crippen molar-refractivity contribution in [2.75, 3.05) is 11.4 Å². The molecular formula is C17H25NO. The molecule has 1 aromatic carbocycles. The first-order chi connectivity index (χ1) is 9.31. The summed E-state index contributed by atoms with van der Waals surface area (Å²) < 4.78 is 0. The molecule has 1 saturated heterocycles. The SMILES string of the molecule is CC[C@H](O)c1ccccc1N1CCC2CCCCC21. The summed E-state index contributed by atoms with van der Waals surface area (Å²) in [5, 5.41) is 10.2. The summed E-state index contributed by atoms with van der Waals surface area (Å²) in [6.07, 6.45) is 7.32. The molecular weight excluding hydrogens is 234 g/mol. The predicted molar refractivity (Wildman–Crippen MR) is 79.4 cm³/mol. The van der Waals surface area contributed by atoms with Crippen molar-refractivity contribution in [1.29, 1.82) is 0 Å². The lowest BCUT2D eigenvalue weighted by atomic mass is 9.85. The fourth-order valence-corrected chi connectivity index (χ4v) is 3.96. The maximum Gasteiger partial charge on any atom is 0.0807 e. The van der Waals surface area contributed by atoms with Gasteiger partial charge in [0.2, 0.25) is 0 Å². The first-order valence-corrected chi connectivity index (χ1v) is 7.85. The highest BCUT2D eigenvalue weighted by molar-refractivity contribution is 5.56. The van der Waals surface area contributed by atoms with Gasteiger partial charge in [-0.05, 0) is 37.7 Å². The predicted octanol–water partition coefficient (Wildman–Crippen LogP) is 3.90. The maximum absolute atomic E-state index is 10.2. The molecule has 1 aliphatic heterocycles. The lowest BCUT2D eigenvalue weighted by Crippen LogP contribution is -2.35. The van der Waals surface area contributed by atoms with Gasteiger partial charge in [-0.1, -0.05) is 38.0 Å². The Labute approximate surface area is 116 Å². The summed E-state index contributed by atoms with van der Waals surface area (Å²) in [4.78, 5) is 2.58. The van der Waals surface area contributed by atoms with Gasteiger partial charge in [0.1, 0.15) is 0 Å². The van der Waals surface area contributed by atoms with Gasteiger partial charge in [0.05, 0.1) is 6.10 Å². The first kappa shape index (κ1) is 13.0. The summed E-state index contributed by atoms with van der Waals surface area (Å²) in [6.45, 7) is 3.22. The van der Waals surface area contributed by atoms with Crippen LogP contribution >= 0.6 is 0 Å². The molecule has 2 nitrogen and oxygen atoms in total. The molecule has 2 aliphatic rings. The molecule has 0 bridgehead atoms. The van der Waals surface area contributed by atoms with E-state index in [1.165, 1.54) is 44.3 Å². The third kappa shape index (κ3) is 2.38. The van der Waals surface area contributed by atoms with E-state index in [1.54, 1.807) is 0 Å². The number of hydrogen-bond donors (Lipinski definition) is 1. The monoisotopic (exact) mass is 259 g/mol. The number of benzene rings is 1. The molecule has 0 spiro atoms. The van der Waals surface area contributed by atoms with E-state index >= 15 is 0 Å². The number of para-hydroxylation sites is 1. The van der Waals surface area contributed by atoms with E-state index in [0.29, 0.717) is 0 Å². The third-order valence-corrected chi connectivity index (χ3v) is 5.00. The molecule has 2 heteroatoms. The van der Waals surface area contributed by atoms with Crippen molar-refractivity contribution in [2.45, 2.75) is 57.6 Å². The zero-order valence-corrected chi connectivity index (χ0v) is 11.9. The largest absolute Gasteiger partial charge is 0.388 e. The molecule has 3 atom stereocenters. The van der Waals surface area contributed by atoms with Gasteiger partial charge in [-0.25, -0.2) is 0 Å². The van der Waals surface area contributed by atoms with Crippen LogP contribution in [-0.4, -0.2) is 17.7 Å². The van der Waals surface area contributed by atoms with Crippen molar-refractivity contribution in [3.05, 3.63) is 29.8 Å². The summed E-state index contributed by atoms with van der Waals surface area (Å²) in [5.41, 5.74) is 2.41. The number of hydrogen-bond acceptors (Lipinski definition) is 2. The second kappa shape index (κ2) is 5.54. The van der Waals surface area contributed by atoms with E-state index in [4.69, 9.17) is 0 Å². The minimum atomic E-state index is -0.321. The molecule has 19 heavy (non-hydrogen) atoms. The van der Waals surface area contributed by atoms with Gasteiger partial charge in [0.15, 0.2) is 0 Å². The fraction of sp³-hybridized carbons (Fsp3) is 0.647. The number of rotatable bonds is 3. The Hall–Kier alpha value is -1.02. The maximum atomic E-state index is 10.2. The Morgan fingerprint density at radius 2 is 2.00 bits per heavy atom. The lowest BCUT2D eigenvalue weighted by molar-refractivity contribution is 0.174. The highest BCUT2D eigenvalue weighted by atomic mass is 16.3. The zero-order chi connectivity index (χ0) is 13.2. The minimum absolute atomic E-state index is 0.321. The average Bonchev–Trinajstić information content (AvgIpc) is 2.90. The summed E-state index contributed by atoms with van der Waals surface area (Å²) in [6, 6.07) is 9.17. The van der Waals surface area contributed by atoms with Crippen LogP contribution in [0.4, 0.5) is 5.69 Å². The Morgan fingerprint density at radius 1 is 1.21 bits per heavy atom. The molecule has 3 rings (SSSR count). The quantitative estimate of drug-likeness (QED) is 0.890. The highest BCUT2D eigenvalue weighted by Crippen LogP contribution is 2.41. The van der Waals surface area contributed by atoms with Crippen molar-refractivity contribution in [3.63, 3.8) is 0 Å². The third-order valence-electron chi connectivity index (χ3n) is 5.00. The first-order valence-electron chi connectivity index (χ1n) is 7.85. The molecule has 2 unspecified atom stereocenters. The number of aliphatic hydroxyl groups is 1. The van der Waals surface area contributed by atoms with Crippen LogP contribution in [-0.2, 0) is 0 Å². The van der Waals surface area contributed by atoms with Gasteiger partial charge in [-0.3, -0.25) is 0 Å². The van der Waals surface area contributed by atoms with Crippen molar-refractivity contribution >= 4 is 5.69 Å². The van der Waals surface area contributed by atoms with E-state index < -0.39 is 0 Å². The molecule has 0 radical (unpaired) electrons. The van der Waals surface area contributed by atoms with Gasteiger partial charge in [-0.15, -0.1) is 0 Å². The summed E-state index contributed by atoms with van der Waals surface area (Å²) in [5.74, 6) is 0.889. The number of anilines is 1. The molecule has 1 aliphatic carbocycles. The smallest absolute Gasteiger partial charge is 0.0807 e. The fourth-order valence-electron chi connectivity index (χ4n) is 3.96. The summed E-state index contributed by atoms with van der Waals surface area (Å²) in [7, 11) is 0. The van der Waals surface area contributed by atoms with Crippen LogP contribution in [0.3, 0.4) is 0 Å². The minimum Gasteiger partial charge on any atom is -0.388 e. The van der Waals surface area contributed by atoms with Gasteiger partial charge in [-0.2, -0.15) is 0 Å². The highest BCUT2D eigenvalue weighted by Gasteiger charge is 2.36. The molecule has 1 saturated carbocycles. The number of fused-ring (bicyclic) bond motifs is 1. The van der Waals surface area contributed by atoms with Crippen LogP contribution in [0, 0.1) is 5.92 Å². The Morgan fingerprint density at radius 3 is 2.84 bits per heavy atom. The second-order valence-corrected chi connectivity index (χ2v) is 6.08. The molecule has 1 aromatic rings. The molecule has 1 heterocycles. The van der Waals surface area contributed by atoms with E-state index in [-0.39, 0.29) is 6.10 Å². The van der Waals surface area contributed by atoms with Crippen molar-refractivity contribution < 1.29 is 5.11 Å². The van der Waals surface area contributed by atoms with Gasteiger partial charge < -0.3 is 10.0 Å². The molecule has 0 aromatic heterocycles.